The first-order valence-electron chi connectivity index (χ1n) is 8.13. The highest BCUT2D eigenvalue weighted by Gasteiger charge is 2.38. The summed E-state index contributed by atoms with van der Waals surface area (Å²) in [6.45, 7) is 7.11. The van der Waals surface area contributed by atoms with Gasteiger partial charge in [0.1, 0.15) is 5.60 Å². The van der Waals surface area contributed by atoms with Crippen LogP contribution < -0.4 is 0 Å². The smallest absolute Gasteiger partial charge is 0.410 e. The van der Waals surface area contributed by atoms with E-state index >= 15 is 0 Å². The molecule has 128 valence electrons. The first kappa shape index (κ1) is 17.8. The number of ether oxygens (including phenoxy) is 2. The second-order valence-corrected chi connectivity index (χ2v) is 6.97. The number of hydrogen-bond donors (Lipinski definition) is 1. The van der Waals surface area contributed by atoms with Gasteiger partial charge in [0, 0.05) is 19.1 Å². The second kappa shape index (κ2) is 7.79. The number of likely N-dealkylation sites (tertiary alicyclic amines) is 1. The number of aliphatic hydroxyl groups is 1. The van der Waals surface area contributed by atoms with E-state index in [1.807, 2.05) is 51.1 Å². The van der Waals surface area contributed by atoms with Crippen molar-refractivity contribution < 1.29 is 19.4 Å². The van der Waals surface area contributed by atoms with Crippen molar-refractivity contribution >= 4 is 6.09 Å². The molecule has 1 N–H and O–H groups in total. The maximum absolute atomic E-state index is 12.3. The predicted molar refractivity (Wildman–Crippen MR) is 88.0 cm³/mol. The van der Waals surface area contributed by atoms with E-state index in [0.29, 0.717) is 19.8 Å². The van der Waals surface area contributed by atoms with Crippen molar-refractivity contribution in [3.8, 4) is 0 Å². The monoisotopic (exact) mass is 321 g/mol. The maximum atomic E-state index is 12.3. The van der Waals surface area contributed by atoms with Gasteiger partial charge in [-0.1, -0.05) is 30.3 Å². The number of benzene rings is 1. The zero-order valence-electron chi connectivity index (χ0n) is 14.2. The summed E-state index contributed by atoms with van der Waals surface area (Å²) in [6.07, 6.45) is 0.441. The Bertz CT molecular complexity index is 497. The molecule has 1 fully saturated rings. The fourth-order valence-electron chi connectivity index (χ4n) is 2.78. The van der Waals surface area contributed by atoms with Gasteiger partial charge in [-0.25, -0.2) is 4.79 Å². The van der Waals surface area contributed by atoms with Gasteiger partial charge in [0.05, 0.1) is 19.3 Å². The van der Waals surface area contributed by atoms with E-state index in [2.05, 4.69) is 0 Å². The molecule has 0 radical (unpaired) electrons. The third-order valence-corrected chi connectivity index (χ3v) is 3.95. The Morgan fingerprint density at radius 2 is 2.00 bits per heavy atom. The number of rotatable bonds is 5. The number of aliphatic hydroxyl groups excluding tert-OH is 1. The van der Waals surface area contributed by atoms with Crippen molar-refractivity contribution in [3.05, 3.63) is 35.9 Å². The fourth-order valence-corrected chi connectivity index (χ4v) is 2.78. The summed E-state index contributed by atoms with van der Waals surface area (Å²) in [5, 5.41) is 9.55. The lowest BCUT2D eigenvalue weighted by Gasteiger charge is -2.30. The van der Waals surface area contributed by atoms with E-state index in [0.717, 1.165) is 12.0 Å². The molecular formula is C18H27NO4. The van der Waals surface area contributed by atoms with Crippen molar-refractivity contribution in [2.75, 3.05) is 19.8 Å². The number of nitrogens with zero attached hydrogens (tertiary/aromatic N) is 1. The minimum Gasteiger partial charge on any atom is -0.444 e. The molecule has 0 saturated carbocycles. The first-order valence-corrected chi connectivity index (χ1v) is 8.13. The molecule has 0 unspecified atom stereocenters. The van der Waals surface area contributed by atoms with Gasteiger partial charge in [-0.05, 0) is 32.8 Å². The largest absolute Gasteiger partial charge is 0.444 e. The molecule has 5 nitrogen and oxygen atoms in total. The van der Waals surface area contributed by atoms with E-state index < -0.39 is 5.60 Å². The van der Waals surface area contributed by atoms with Crippen molar-refractivity contribution in [2.24, 2.45) is 5.92 Å². The van der Waals surface area contributed by atoms with Crippen LogP contribution in [0.4, 0.5) is 4.79 Å². The summed E-state index contributed by atoms with van der Waals surface area (Å²) in [4.78, 5) is 14.0. The molecule has 1 amide bonds. The fraction of sp³-hybridized carbons (Fsp3) is 0.611. The molecule has 1 saturated heterocycles. The second-order valence-electron chi connectivity index (χ2n) is 6.97. The standard InChI is InChI=1S/C18H27NO4/c1-18(2,3)23-17(21)19-10-9-15(11-20)16(19)13-22-12-14-7-5-4-6-8-14/h4-8,15-16,20H,9-13H2,1-3H3/t15-,16-/m1/s1. The van der Waals surface area contributed by atoms with Gasteiger partial charge in [-0.2, -0.15) is 0 Å². The van der Waals surface area contributed by atoms with E-state index in [1.165, 1.54) is 0 Å². The van der Waals surface area contributed by atoms with Crippen LogP contribution in [0.25, 0.3) is 0 Å². The highest BCUT2D eigenvalue weighted by atomic mass is 16.6. The first-order chi connectivity index (χ1) is 10.9. The number of carbonyl (C=O) groups is 1. The molecular weight excluding hydrogens is 294 g/mol. The Morgan fingerprint density at radius 3 is 2.61 bits per heavy atom. The molecule has 1 aliphatic heterocycles. The van der Waals surface area contributed by atoms with Gasteiger partial charge in [-0.3, -0.25) is 0 Å². The molecule has 1 aromatic rings. The van der Waals surface area contributed by atoms with Crippen molar-refractivity contribution in [1.82, 2.24) is 4.90 Å². The lowest BCUT2D eigenvalue weighted by molar-refractivity contribution is 0.000819. The Hall–Kier alpha value is -1.59. The lowest BCUT2D eigenvalue weighted by Crippen LogP contribution is -2.44. The molecule has 5 heteroatoms. The van der Waals surface area contributed by atoms with Crippen molar-refractivity contribution in [1.29, 1.82) is 0 Å². The average Bonchev–Trinajstić information content (AvgIpc) is 2.90. The zero-order chi connectivity index (χ0) is 16.9. The summed E-state index contributed by atoms with van der Waals surface area (Å²) in [5.74, 6) is 0.0401. The van der Waals surface area contributed by atoms with Crippen LogP contribution in [-0.4, -0.2) is 47.5 Å². The Morgan fingerprint density at radius 1 is 1.30 bits per heavy atom. The number of carbonyl (C=O) groups excluding carboxylic acids is 1. The topological polar surface area (TPSA) is 59.0 Å². The minimum atomic E-state index is -0.524. The zero-order valence-corrected chi connectivity index (χ0v) is 14.2. The molecule has 1 aromatic carbocycles. The van der Waals surface area contributed by atoms with Gasteiger partial charge in [-0.15, -0.1) is 0 Å². The van der Waals surface area contributed by atoms with E-state index in [1.54, 1.807) is 4.90 Å². The summed E-state index contributed by atoms with van der Waals surface area (Å²) >= 11 is 0. The highest BCUT2D eigenvalue weighted by Crippen LogP contribution is 2.26. The quantitative estimate of drug-likeness (QED) is 0.906. The summed E-state index contributed by atoms with van der Waals surface area (Å²) in [5.41, 5.74) is 0.568. The molecule has 23 heavy (non-hydrogen) atoms. The van der Waals surface area contributed by atoms with Crippen LogP contribution in [0, 0.1) is 5.92 Å². The Balaban J connectivity index is 1.93. The summed E-state index contributed by atoms with van der Waals surface area (Å²) in [7, 11) is 0. The van der Waals surface area contributed by atoms with Gasteiger partial charge < -0.3 is 19.5 Å². The van der Waals surface area contributed by atoms with Crippen molar-refractivity contribution in [2.45, 2.75) is 45.4 Å². The van der Waals surface area contributed by atoms with E-state index in [9.17, 15) is 9.90 Å². The third-order valence-electron chi connectivity index (χ3n) is 3.95. The molecule has 0 spiro atoms. The maximum Gasteiger partial charge on any atom is 0.410 e. The van der Waals surface area contributed by atoms with Gasteiger partial charge in [0.2, 0.25) is 0 Å². The number of hydrogen-bond acceptors (Lipinski definition) is 4. The summed E-state index contributed by atoms with van der Waals surface area (Å²) in [6, 6.07) is 9.77. The van der Waals surface area contributed by atoms with Crippen LogP contribution in [0.15, 0.2) is 30.3 Å². The minimum absolute atomic E-state index is 0.0401. The third kappa shape index (κ3) is 5.22. The normalized spacial score (nSPS) is 21.5. The molecule has 2 atom stereocenters. The van der Waals surface area contributed by atoms with Crippen molar-refractivity contribution in [3.63, 3.8) is 0 Å². The van der Waals surface area contributed by atoms with Crippen LogP contribution >= 0.6 is 0 Å². The van der Waals surface area contributed by atoms with E-state index in [4.69, 9.17) is 9.47 Å². The molecule has 1 aliphatic rings. The van der Waals surface area contributed by atoms with Gasteiger partial charge in [0.25, 0.3) is 0 Å². The molecule has 0 aliphatic carbocycles. The van der Waals surface area contributed by atoms with Gasteiger partial charge >= 0.3 is 6.09 Å². The Kier molecular flexibility index (Phi) is 6.02. The van der Waals surface area contributed by atoms with Gasteiger partial charge in [0.15, 0.2) is 0 Å². The molecule has 1 heterocycles. The number of amides is 1. The van der Waals surface area contributed by atoms with Crippen LogP contribution in [-0.2, 0) is 16.1 Å². The molecule has 0 bridgehead atoms. The van der Waals surface area contributed by atoms with Crippen LogP contribution in [0.3, 0.4) is 0 Å². The molecule has 0 aromatic heterocycles. The predicted octanol–water partition coefficient (Wildman–Crippen LogP) is 2.82. The Labute approximate surface area is 138 Å². The van der Waals surface area contributed by atoms with E-state index in [-0.39, 0.29) is 24.7 Å². The highest BCUT2D eigenvalue weighted by molar-refractivity contribution is 5.69. The molecule has 2 rings (SSSR count). The summed E-state index contributed by atoms with van der Waals surface area (Å²) < 4.78 is 11.2. The SMILES string of the molecule is CC(C)(C)OC(=O)N1CC[C@H](CO)[C@H]1COCc1ccccc1. The van der Waals surface area contributed by atoms with Crippen LogP contribution in [0.5, 0.6) is 0 Å². The van der Waals surface area contributed by atoms with Crippen LogP contribution in [0.2, 0.25) is 0 Å². The average molecular weight is 321 g/mol. The van der Waals surface area contributed by atoms with Crippen LogP contribution in [0.1, 0.15) is 32.8 Å². The lowest BCUT2D eigenvalue weighted by atomic mass is 10.0.